The molecule has 0 radical (unpaired) electrons. The average Bonchev–Trinajstić information content (AvgIpc) is 2.63. The summed E-state index contributed by atoms with van der Waals surface area (Å²) in [6.45, 7) is 12.4. The minimum Gasteiger partial charge on any atom is -0.379 e. The summed E-state index contributed by atoms with van der Waals surface area (Å²) in [6, 6.07) is 0. The molecule has 0 unspecified atom stereocenters. The van der Waals surface area contributed by atoms with Gasteiger partial charge >= 0.3 is 0 Å². The van der Waals surface area contributed by atoms with Gasteiger partial charge in [-0.15, -0.1) is 0 Å². The van der Waals surface area contributed by atoms with Crippen LogP contribution in [0.15, 0.2) is 0 Å². The van der Waals surface area contributed by atoms with E-state index in [0.29, 0.717) is 0 Å². The summed E-state index contributed by atoms with van der Waals surface area (Å²) in [5.41, 5.74) is 3.93. The van der Waals surface area contributed by atoms with Gasteiger partial charge in [-0.1, -0.05) is 6.92 Å². The first-order valence-electron chi connectivity index (χ1n) is 6.55. The Labute approximate surface area is 104 Å². The Balaban J connectivity index is 1.94. The second-order valence-electron chi connectivity index (χ2n) is 4.68. The zero-order chi connectivity index (χ0) is 12.3. The normalized spacial score (nSPS) is 17.6. The van der Waals surface area contributed by atoms with E-state index in [1.165, 1.54) is 17.0 Å². The first-order chi connectivity index (χ1) is 8.22. The molecule has 4 nitrogen and oxygen atoms in total. The minimum atomic E-state index is 0.872. The number of aromatic nitrogens is 2. The molecule has 0 N–H and O–H groups in total. The SMILES string of the molecule is CCc1c(C)nn(CCN2CCOCC2)c1C. The van der Waals surface area contributed by atoms with Crippen molar-refractivity contribution < 1.29 is 4.74 Å². The molecule has 1 saturated heterocycles. The minimum absolute atomic E-state index is 0.872. The van der Waals surface area contributed by atoms with Crippen molar-refractivity contribution >= 4 is 0 Å². The maximum Gasteiger partial charge on any atom is 0.0628 e. The van der Waals surface area contributed by atoms with Crippen molar-refractivity contribution in [2.75, 3.05) is 32.8 Å². The molecule has 1 aromatic rings. The number of ether oxygens (including phenoxy) is 1. The highest BCUT2D eigenvalue weighted by Crippen LogP contribution is 2.13. The Morgan fingerprint density at radius 3 is 2.47 bits per heavy atom. The molecule has 0 saturated carbocycles. The predicted molar refractivity (Wildman–Crippen MR) is 68.3 cm³/mol. The highest BCUT2D eigenvalue weighted by molar-refractivity contribution is 5.24. The van der Waals surface area contributed by atoms with Crippen molar-refractivity contribution in [3.05, 3.63) is 17.0 Å². The van der Waals surface area contributed by atoms with E-state index in [4.69, 9.17) is 4.74 Å². The van der Waals surface area contributed by atoms with Gasteiger partial charge in [0.15, 0.2) is 0 Å². The highest BCUT2D eigenvalue weighted by Gasteiger charge is 2.13. The number of morpholine rings is 1. The van der Waals surface area contributed by atoms with Crippen LogP contribution in [-0.4, -0.2) is 47.5 Å². The quantitative estimate of drug-likeness (QED) is 0.793. The third-order valence-electron chi connectivity index (χ3n) is 3.62. The van der Waals surface area contributed by atoms with Crippen LogP contribution in [-0.2, 0) is 17.7 Å². The van der Waals surface area contributed by atoms with Crippen LogP contribution in [0.3, 0.4) is 0 Å². The summed E-state index contributed by atoms with van der Waals surface area (Å²) < 4.78 is 7.51. The molecule has 0 spiro atoms. The monoisotopic (exact) mass is 237 g/mol. The molecule has 4 heteroatoms. The molecule has 1 aliphatic rings. The number of hydrogen-bond acceptors (Lipinski definition) is 3. The summed E-state index contributed by atoms with van der Waals surface area (Å²) >= 11 is 0. The Kier molecular flexibility index (Phi) is 4.18. The lowest BCUT2D eigenvalue weighted by atomic mass is 10.1. The molecule has 1 aromatic heterocycles. The molecule has 0 aliphatic carbocycles. The molecule has 96 valence electrons. The lowest BCUT2D eigenvalue weighted by Gasteiger charge is -2.26. The molecule has 1 aliphatic heterocycles. The molecule has 0 bridgehead atoms. The first-order valence-corrected chi connectivity index (χ1v) is 6.55. The lowest BCUT2D eigenvalue weighted by Crippen LogP contribution is -2.38. The van der Waals surface area contributed by atoms with E-state index in [1.54, 1.807) is 0 Å². The Morgan fingerprint density at radius 1 is 1.18 bits per heavy atom. The van der Waals surface area contributed by atoms with E-state index in [9.17, 15) is 0 Å². The maximum atomic E-state index is 5.35. The topological polar surface area (TPSA) is 30.3 Å². The number of rotatable bonds is 4. The zero-order valence-corrected chi connectivity index (χ0v) is 11.2. The molecule has 1 fully saturated rings. The van der Waals surface area contributed by atoms with E-state index in [1.807, 2.05) is 0 Å². The fourth-order valence-electron chi connectivity index (χ4n) is 2.52. The van der Waals surface area contributed by atoms with E-state index in [2.05, 4.69) is 35.5 Å². The van der Waals surface area contributed by atoms with Crippen molar-refractivity contribution in [1.82, 2.24) is 14.7 Å². The summed E-state index contributed by atoms with van der Waals surface area (Å²) in [5.74, 6) is 0. The van der Waals surface area contributed by atoms with E-state index in [-0.39, 0.29) is 0 Å². The Hall–Kier alpha value is -0.870. The Morgan fingerprint density at radius 2 is 1.88 bits per heavy atom. The molecular weight excluding hydrogens is 214 g/mol. The van der Waals surface area contributed by atoms with Crippen LogP contribution in [0.4, 0.5) is 0 Å². The predicted octanol–water partition coefficient (Wildman–Crippen LogP) is 1.39. The van der Waals surface area contributed by atoms with E-state index >= 15 is 0 Å². The van der Waals surface area contributed by atoms with Gasteiger partial charge < -0.3 is 4.74 Å². The number of hydrogen-bond donors (Lipinski definition) is 0. The zero-order valence-electron chi connectivity index (χ0n) is 11.2. The smallest absolute Gasteiger partial charge is 0.0628 e. The van der Waals surface area contributed by atoms with Gasteiger partial charge in [0.25, 0.3) is 0 Å². The molecule has 0 atom stereocenters. The molecule has 0 amide bonds. The Bertz CT molecular complexity index is 367. The first kappa shape index (κ1) is 12.6. The number of aryl methyl sites for hydroxylation is 1. The van der Waals surface area contributed by atoms with Crippen molar-refractivity contribution in [3.8, 4) is 0 Å². The second-order valence-corrected chi connectivity index (χ2v) is 4.68. The van der Waals surface area contributed by atoms with Crippen molar-refractivity contribution in [2.45, 2.75) is 33.7 Å². The van der Waals surface area contributed by atoms with Gasteiger partial charge in [-0.05, 0) is 25.8 Å². The fourth-order valence-corrected chi connectivity index (χ4v) is 2.52. The molecule has 0 aromatic carbocycles. The number of nitrogens with zero attached hydrogens (tertiary/aromatic N) is 3. The van der Waals surface area contributed by atoms with Gasteiger partial charge in [0.2, 0.25) is 0 Å². The third kappa shape index (κ3) is 2.87. The van der Waals surface area contributed by atoms with Crippen LogP contribution < -0.4 is 0 Å². The van der Waals surface area contributed by atoms with Gasteiger partial charge in [-0.3, -0.25) is 9.58 Å². The molecular formula is C13H23N3O. The van der Waals surface area contributed by atoms with Crippen molar-refractivity contribution in [2.24, 2.45) is 0 Å². The second kappa shape index (κ2) is 5.65. The van der Waals surface area contributed by atoms with E-state index < -0.39 is 0 Å². The maximum absolute atomic E-state index is 5.35. The third-order valence-corrected chi connectivity index (χ3v) is 3.62. The van der Waals surface area contributed by atoms with Gasteiger partial charge in [0.05, 0.1) is 25.5 Å². The summed E-state index contributed by atoms with van der Waals surface area (Å²) in [5, 5.41) is 4.62. The van der Waals surface area contributed by atoms with Gasteiger partial charge in [-0.2, -0.15) is 5.10 Å². The highest BCUT2D eigenvalue weighted by atomic mass is 16.5. The average molecular weight is 237 g/mol. The van der Waals surface area contributed by atoms with Crippen molar-refractivity contribution in [1.29, 1.82) is 0 Å². The standard InChI is InChI=1S/C13H23N3O/c1-4-13-11(2)14-16(12(13)3)6-5-15-7-9-17-10-8-15/h4-10H2,1-3H3. The molecule has 2 heterocycles. The van der Waals surface area contributed by atoms with Crippen LogP contribution in [0.5, 0.6) is 0 Å². The molecule has 17 heavy (non-hydrogen) atoms. The van der Waals surface area contributed by atoms with Crippen LogP contribution >= 0.6 is 0 Å². The molecule has 2 rings (SSSR count). The van der Waals surface area contributed by atoms with Crippen molar-refractivity contribution in [3.63, 3.8) is 0 Å². The van der Waals surface area contributed by atoms with Crippen LogP contribution in [0.25, 0.3) is 0 Å². The van der Waals surface area contributed by atoms with Crippen LogP contribution in [0.2, 0.25) is 0 Å². The van der Waals surface area contributed by atoms with Gasteiger partial charge in [0.1, 0.15) is 0 Å². The van der Waals surface area contributed by atoms with Gasteiger partial charge in [-0.25, -0.2) is 0 Å². The summed E-state index contributed by atoms with van der Waals surface area (Å²) in [7, 11) is 0. The summed E-state index contributed by atoms with van der Waals surface area (Å²) in [6.07, 6.45) is 1.08. The summed E-state index contributed by atoms with van der Waals surface area (Å²) in [4.78, 5) is 2.45. The lowest BCUT2D eigenvalue weighted by molar-refractivity contribution is 0.0359. The van der Waals surface area contributed by atoms with E-state index in [0.717, 1.165) is 45.8 Å². The largest absolute Gasteiger partial charge is 0.379 e. The van der Waals surface area contributed by atoms with Crippen LogP contribution in [0, 0.1) is 13.8 Å². The fraction of sp³-hybridized carbons (Fsp3) is 0.769. The van der Waals surface area contributed by atoms with Crippen LogP contribution in [0.1, 0.15) is 23.9 Å². The van der Waals surface area contributed by atoms with Gasteiger partial charge in [0, 0.05) is 25.3 Å².